The standard InChI is InChI=1S/C18H20N4O3S/c1-12-9-17(23)21-22-18(12)14-6-4-13(5-7-14)10-16(19)26(24,25)15-3-2-8-20-11-15/h2-8,11-12,16H,9-10,19H2,1H3,(H,21,23). The smallest absolute Gasteiger partial charge is 0.240 e. The highest BCUT2D eigenvalue weighted by atomic mass is 32.2. The highest BCUT2D eigenvalue weighted by Gasteiger charge is 2.25. The molecule has 2 unspecified atom stereocenters. The number of benzene rings is 1. The van der Waals surface area contributed by atoms with Gasteiger partial charge in [0.2, 0.25) is 5.91 Å². The van der Waals surface area contributed by atoms with Gasteiger partial charge in [-0.1, -0.05) is 31.2 Å². The molecule has 2 heterocycles. The minimum absolute atomic E-state index is 0.0304. The van der Waals surface area contributed by atoms with E-state index in [2.05, 4.69) is 15.5 Å². The molecule has 0 fully saturated rings. The summed E-state index contributed by atoms with van der Waals surface area (Å²) in [4.78, 5) is 15.3. The first-order valence-corrected chi connectivity index (χ1v) is 9.78. The van der Waals surface area contributed by atoms with E-state index in [-0.39, 0.29) is 23.1 Å². The van der Waals surface area contributed by atoms with Crippen LogP contribution < -0.4 is 11.2 Å². The van der Waals surface area contributed by atoms with Gasteiger partial charge in [0, 0.05) is 31.2 Å². The largest absolute Gasteiger partial charge is 0.315 e. The number of hydrazone groups is 1. The number of hydrogen-bond acceptors (Lipinski definition) is 6. The van der Waals surface area contributed by atoms with E-state index < -0.39 is 15.2 Å². The molecule has 0 saturated carbocycles. The van der Waals surface area contributed by atoms with Gasteiger partial charge >= 0.3 is 0 Å². The van der Waals surface area contributed by atoms with E-state index in [1.165, 1.54) is 18.5 Å². The molecule has 0 radical (unpaired) electrons. The van der Waals surface area contributed by atoms with E-state index in [0.29, 0.717) is 6.42 Å². The van der Waals surface area contributed by atoms with Gasteiger partial charge in [0.25, 0.3) is 0 Å². The molecule has 136 valence electrons. The molecule has 1 aliphatic heterocycles. The van der Waals surface area contributed by atoms with Crippen molar-refractivity contribution in [1.82, 2.24) is 10.4 Å². The van der Waals surface area contributed by atoms with Crippen LogP contribution >= 0.6 is 0 Å². The number of nitrogens with two attached hydrogens (primary N) is 1. The molecule has 2 aromatic rings. The number of pyridine rings is 1. The van der Waals surface area contributed by atoms with Crippen LogP contribution in [0.5, 0.6) is 0 Å². The average Bonchev–Trinajstić information content (AvgIpc) is 2.63. The van der Waals surface area contributed by atoms with Crippen molar-refractivity contribution in [2.24, 2.45) is 16.8 Å². The Balaban J connectivity index is 1.74. The van der Waals surface area contributed by atoms with Crippen molar-refractivity contribution in [1.29, 1.82) is 0 Å². The number of nitrogens with zero attached hydrogens (tertiary/aromatic N) is 2. The summed E-state index contributed by atoms with van der Waals surface area (Å²) in [5, 5.41) is 3.07. The molecule has 0 saturated heterocycles. The Hall–Kier alpha value is -2.58. The van der Waals surface area contributed by atoms with Gasteiger partial charge in [-0.15, -0.1) is 0 Å². The Kier molecular flexibility index (Phi) is 5.15. The Labute approximate surface area is 152 Å². The third kappa shape index (κ3) is 3.81. The fraction of sp³-hybridized carbons (Fsp3) is 0.278. The molecule has 8 heteroatoms. The molecule has 0 bridgehead atoms. The van der Waals surface area contributed by atoms with Crippen LogP contribution in [0.3, 0.4) is 0 Å². The lowest BCUT2D eigenvalue weighted by Crippen LogP contribution is -2.33. The van der Waals surface area contributed by atoms with E-state index in [4.69, 9.17) is 5.73 Å². The van der Waals surface area contributed by atoms with Crippen LogP contribution in [-0.2, 0) is 21.1 Å². The molecule has 0 spiro atoms. The van der Waals surface area contributed by atoms with E-state index >= 15 is 0 Å². The molecule has 3 rings (SSSR count). The zero-order chi connectivity index (χ0) is 18.7. The topological polar surface area (TPSA) is 115 Å². The minimum Gasteiger partial charge on any atom is -0.315 e. The maximum Gasteiger partial charge on any atom is 0.240 e. The molecule has 0 aliphatic carbocycles. The van der Waals surface area contributed by atoms with Crippen molar-refractivity contribution in [2.75, 3.05) is 0 Å². The zero-order valence-corrected chi connectivity index (χ0v) is 15.1. The van der Waals surface area contributed by atoms with Crippen LogP contribution in [0, 0.1) is 5.92 Å². The number of rotatable bonds is 5. The SMILES string of the molecule is CC1CC(=O)NN=C1c1ccc(CC(N)S(=O)(=O)c2cccnc2)cc1. The Morgan fingerprint density at radius 2 is 2.00 bits per heavy atom. The lowest BCUT2D eigenvalue weighted by atomic mass is 9.93. The fourth-order valence-electron chi connectivity index (χ4n) is 2.85. The van der Waals surface area contributed by atoms with E-state index in [1.807, 2.05) is 31.2 Å². The van der Waals surface area contributed by atoms with Crippen molar-refractivity contribution >= 4 is 21.5 Å². The molecular weight excluding hydrogens is 352 g/mol. The lowest BCUT2D eigenvalue weighted by Gasteiger charge is -2.19. The monoisotopic (exact) mass is 372 g/mol. The highest BCUT2D eigenvalue weighted by Crippen LogP contribution is 2.19. The summed E-state index contributed by atoms with van der Waals surface area (Å²) in [5.74, 6) is -0.0627. The summed E-state index contributed by atoms with van der Waals surface area (Å²) in [6.45, 7) is 1.95. The number of nitrogens with one attached hydrogen (secondary N) is 1. The Bertz CT molecular complexity index is 925. The van der Waals surface area contributed by atoms with Crippen LogP contribution in [0.15, 0.2) is 58.8 Å². The zero-order valence-electron chi connectivity index (χ0n) is 14.3. The summed E-state index contributed by atoms with van der Waals surface area (Å²) in [6.07, 6.45) is 3.40. The maximum atomic E-state index is 12.5. The summed E-state index contributed by atoms with van der Waals surface area (Å²) in [7, 11) is -3.64. The third-order valence-corrected chi connectivity index (χ3v) is 6.17. The number of carbonyl (C=O) groups excluding carboxylic acids is 1. The van der Waals surface area contributed by atoms with E-state index in [9.17, 15) is 13.2 Å². The van der Waals surface area contributed by atoms with Gasteiger partial charge in [0.05, 0.1) is 10.6 Å². The highest BCUT2D eigenvalue weighted by molar-refractivity contribution is 7.92. The fourth-order valence-corrected chi connectivity index (χ4v) is 4.08. The second-order valence-electron chi connectivity index (χ2n) is 6.31. The van der Waals surface area contributed by atoms with Crippen molar-refractivity contribution in [3.05, 3.63) is 59.9 Å². The minimum atomic E-state index is -3.64. The molecule has 1 aromatic heterocycles. The molecule has 3 N–H and O–H groups in total. The summed E-state index contributed by atoms with van der Waals surface area (Å²) in [6, 6.07) is 10.5. The molecule has 1 amide bonds. The second-order valence-corrected chi connectivity index (χ2v) is 8.48. The lowest BCUT2D eigenvalue weighted by molar-refractivity contribution is -0.121. The van der Waals surface area contributed by atoms with Gasteiger partial charge in [-0.05, 0) is 23.3 Å². The molecule has 26 heavy (non-hydrogen) atoms. The predicted molar refractivity (Wildman–Crippen MR) is 98.0 cm³/mol. The van der Waals surface area contributed by atoms with Gasteiger partial charge in [0.15, 0.2) is 9.84 Å². The van der Waals surface area contributed by atoms with Gasteiger partial charge in [-0.3, -0.25) is 9.78 Å². The van der Waals surface area contributed by atoms with Crippen molar-refractivity contribution in [3.8, 4) is 0 Å². The van der Waals surface area contributed by atoms with E-state index in [1.54, 1.807) is 6.07 Å². The quantitative estimate of drug-likeness (QED) is 0.819. The van der Waals surface area contributed by atoms with Crippen LogP contribution in [0.25, 0.3) is 0 Å². The number of sulfone groups is 1. The first kappa shape index (κ1) is 18.2. The first-order valence-electron chi connectivity index (χ1n) is 8.23. The van der Waals surface area contributed by atoms with Crippen molar-refractivity contribution in [2.45, 2.75) is 30.0 Å². The molecular formula is C18H20N4O3S. The molecule has 2 atom stereocenters. The molecule has 1 aliphatic rings. The van der Waals surface area contributed by atoms with Gasteiger partial charge in [0.1, 0.15) is 5.37 Å². The van der Waals surface area contributed by atoms with Crippen LogP contribution in [0.1, 0.15) is 24.5 Å². The Morgan fingerprint density at radius 1 is 1.27 bits per heavy atom. The maximum absolute atomic E-state index is 12.5. The average molecular weight is 372 g/mol. The number of carbonyl (C=O) groups is 1. The summed E-state index contributed by atoms with van der Waals surface area (Å²) < 4.78 is 25.0. The summed E-state index contributed by atoms with van der Waals surface area (Å²) in [5.41, 5.74) is 10.9. The molecule has 1 aromatic carbocycles. The molecule has 7 nitrogen and oxygen atoms in total. The Morgan fingerprint density at radius 3 is 2.62 bits per heavy atom. The van der Waals surface area contributed by atoms with Gasteiger partial charge in [-0.25, -0.2) is 13.8 Å². The van der Waals surface area contributed by atoms with Gasteiger partial charge < -0.3 is 5.73 Å². The van der Waals surface area contributed by atoms with Crippen molar-refractivity contribution < 1.29 is 13.2 Å². The first-order chi connectivity index (χ1) is 12.4. The number of amides is 1. The second kappa shape index (κ2) is 7.35. The predicted octanol–water partition coefficient (Wildman–Crippen LogP) is 1.24. The van der Waals surface area contributed by atoms with E-state index in [0.717, 1.165) is 16.8 Å². The van der Waals surface area contributed by atoms with Crippen LogP contribution in [-0.4, -0.2) is 30.4 Å². The number of hydrogen-bond donors (Lipinski definition) is 2. The van der Waals surface area contributed by atoms with Crippen molar-refractivity contribution in [3.63, 3.8) is 0 Å². The normalized spacial score (nSPS) is 18.8. The van der Waals surface area contributed by atoms with Crippen LogP contribution in [0.4, 0.5) is 0 Å². The number of aromatic nitrogens is 1. The van der Waals surface area contributed by atoms with Gasteiger partial charge in [-0.2, -0.15) is 5.10 Å². The van der Waals surface area contributed by atoms with Crippen LogP contribution in [0.2, 0.25) is 0 Å². The third-order valence-electron chi connectivity index (χ3n) is 4.31. The summed E-state index contributed by atoms with van der Waals surface area (Å²) >= 11 is 0.